The quantitative estimate of drug-likeness (QED) is 0.171. The number of aliphatic hydroxyl groups excluding tert-OH is 2. The second-order valence-corrected chi connectivity index (χ2v) is 12.5. The summed E-state index contributed by atoms with van der Waals surface area (Å²) >= 11 is 0. The smallest absolute Gasteiger partial charge is 0.459 e. The van der Waals surface area contributed by atoms with Gasteiger partial charge in [0.05, 0.1) is 12.3 Å². The lowest BCUT2D eigenvalue weighted by molar-refractivity contribution is -0.146. The third kappa shape index (κ3) is 5.60. The fourth-order valence-corrected chi connectivity index (χ4v) is 7.00. The molecule has 1 saturated heterocycles. The van der Waals surface area contributed by atoms with Gasteiger partial charge >= 0.3 is 13.7 Å². The van der Waals surface area contributed by atoms with Gasteiger partial charge in [0, 0.05) is 6.42 Å². The van der Waals surface area contributed by atoms with Crippen molar-refractivity contribution in [3.05, 3.63) is 54.5 Å². The number of nitrogens with zero attached hydrogens (tertiary/aromatic N) is 4. The van der Waals surface area contributed by atoms with Crippen LogP contribution in [0.2, 0.25) is 0 Å². The zero-order chi connectivity index (χ0) is 31.0. The van der Waals surface area contributed by atoms with Gasteiger partial charge in [-0.15, -0.1) is 0 Å². The summed E-state index contributed by atoms with van der Waals surface area (Å²) in [7, 11) is -4.34. The molecule has 1 aliphatic heterocycles. The third-order valence-corrected chi connectivity index (χ3v) is 9.73. The predicted molar refractivity (Wildman–Crippen MR) is 152 cm³/mol. The molecule has 14 nitrogen and oxygen atoms in total. The van der Waals surface area contributed by atoms with Crippen LogP contribution in [0.25, 0.3) is 5.52 Å². The van der Waals surface area contributed by atoms with Crippen LogP contribution in [0, 0.1) is 17.2 Å². The molecule has 15 heteroatoms. The maximum Gasteiger partial charge on any atom is 0.459 e. The zero-order valence-corrected chi connectivity index (χ0v) is 24.9. The molecule has 2 aliphatic rings. The van der Waals surface area contributed by atoms with Crippen LogP contribution < -0.4 is 15.3 Å². The van der Waals surface area contributed by atoms with Crippen LogP contribution in [0.3, 0.4) is 0 Å². The summed E-state index contributed by atoms with van der Waals surface area (Å²) in [4.78, 5) is 16.7. The Kier molecular flexibility index (Phi) is 8.50. The Balaban J connectivity index is 1.39. The number of hydrogen-bond acceptors (Lipinski definition) is 12. The number of nitrogen functional groups attached to an aromatic ring is 1. The monoisotopic (exact) mass is 614 g/mol. The minimum Gasteiger partial charge on any atom is -0.464 e. The van der Waals surface area contributed by atoms with Gasteiger partial charge in [-0.25, -0.2) is 14.1 Å². The van der Waals surface area contributed by atoms with E-state index in [9.17, 15) is 24.8 Å². The van der Waals surface area contributed by atoms with Gasteiger partial charge in [-0.05, 0) is 37.1 Å². The normalized spacial score (nSPS) is 28.4. The number of para-hydroxylation sites is 1. The molecule has 1 saturated carbocycles. The average molecular weight is 615 g/mol. The lowest BCUT2D eigenvalue weighted by atomic mass is 9.92. The molecule has 1 spiro atoms. The van der Waals surface area contributed by atoms with Crippen LogP contribution >= 0.6 is 7.75 Å². The molecule has 43 heavy (non-hydrogen) atoms. The number of rotatable bonds is 12. The molecule has 2 aromatic heterocycles. The van der Waals surface area contributed by atoms with E-state index in [0.717, 1.165) is 12.8 Å². The number of aliphatic hydroxyl groups is 2. The summed E-state index contributed by atoms with van der Waals surface area (Å²) in [5, 5.41) is 39.4. The first-order chi connectivity index (χ1) is 20.5. The van der Waals surface area contributed by atoms with E-state index in [4.69, 9.17) is 24.3 Å². The minimum atomic E-state index is -4.34. The number of benzene rings is 1. The highest BCUT2D eigenvalue weighted by atomic mass is 31.2. The number of nitrogens with two attached hydrogens (primary N) is 1. The van der Waals surface area contributed by atoms with Gasteiger partial charge in [0.2, 0.25) is 5.60 Å². The van der Waals surface area contributed by atoms with Crippen molar-refractivity contribution >= 4 is 25.1 Å². The zero-order valence-electron chi connectivity index (χ0n) is 24.0. The van der Waals surface area contributed by atoms with Gasteiger partial charge in [-0.2, -0.15) is 15.4 Å². The standard InChI is InChI=1S/C28H35N6O8P/c1-4-18(5-2)14-39-26(37)17(3)33-43(38,40-19-9-7-6-8-10-19)41-22-13-27(22)23(35)24(36)28(15-29,42-27)21-12-11-20-25(30)31-16-32-34(20)21/h6-12,16-18,22-24,35-36H,4-5,13-14H2,1-3H3,(H,33,38)(H2,30,31,32)/t17-,22-,23-,24+,27?,28-,43?/m0/s1. The maximum absolute atomic E-state index is 14.1. The third-order valence-electron chi connectivity index (χ3n) is 8.04. The number of carbonyl (C=O) groups excluding carboxylic acids is 1. The molecule has 2 fully saturated rings. The average Bonchev–Trinajstić information content (AvgIpc) is 3.37. The molecule has 0 radical (unpaired) electrons. The minimum absolute atomic E-state index is 0.0353. The van der Waals surface area contributed by atoms with Crippen LogP contribution in [-0.4, -0.2) is 67.3 Å². The number of nitrogens with one attached hydrogen (secondary N) is 1. The Morgan fingerprint density at radius 2 is 1.98 bits per heavy atom. The summed E-state index contributed by atoms with van der Waals surface area (Å²) in [5.74, 6) is -0.112. The van der Waals surface area contributed by atoms with Crippen molar-refractivity contribution in [1.29, 1.82) is 5.26 Å². The second-order valence-electron chi connectivity index (χ2n) is 10.8. The molecule has 0 amide bonds. The lowest BCUT2D eigenvalue weighted by Gasteiger charge is -2.25. The van der Waals surface area contributed by atoms with E-state index in [0.29, 0.717) is 5.52 Å². The molecular weight excluding hydrogens is 579 g/mol. The molecule has 3 aromatic rings. The van der Waals surface area contributed by atoms with Gasteiger partial charge < -0.3 is 29.9 Å². The highest BCUT2D eigenvalue weighted by Crippen LogP contribution is 2.62. The van der Waals surface area contributed by atoms with Gasteiger partial charge in [-0.3, -0.25) is 9.32 Å². The van der Waals surface area contributed by atoms with Crippen LogP contribution in [0.1, 0.15) is 45.7 Å². The van der Waals surface area contributed by atoms with E-state index in [2.05, 4.69) is 15.2 Å². The Labute approximate surface area is 248 Å². The first-order valence-electron chi connectivity index (χ1n) is 14.1. The molecule has 7 atom stereocenters. The SMILES string of the molecule is CCC(CC)COC(=O)[C@H](C)NP(=O)(Oc1ccccc1)O[C@H]1CC12O[C@@](C#N)(c1ccc3c(N)ncnn13)[C@H](O)[C@@H]2O. The predicted octanol–water partition coefficient (Wildman–Crippen LogP) is 2.45. The van der Waals surface area contributed by atoms with Crippen LogP contribution in [-0.2, 0) is 29.0 Å². The number of hydrogen-bond donors (Lipinski definition) is 4. The lowest BCUT2D eigenvalue weighted by Crippen LogP contribution is -2.41. The Morgan fingerprint density at radius 1 is 1.26 bits per heavy atom. The summed E-state index contributed by atoms with van der Waals surface area (Å²) in [6.45, 7) is 5.70. The molecule has 3 heterocycles. The van der Waals surface area contributed by atoms with Crippen molar-refractivity contribution in [3.63, 3.8) is 0 Å². The van der Waals surface area contributed by atoms with E-state index in [-0.39, 0.29) is 36.2 Å². The first-order valence-corrected chi connectivity index (χ1v) is 15.6. The second kappa shape index (κ2) is 11.8. The number of nitriles is 1. The summed E-state index contributed by atoms with van der Waals surface area (Å²) in [6, 6.07) is 12.2. The molecule has 0 bridgehead atoms. The van der Waals surface area contributed by atoms with E-state index in [1.54, 1.807) is 36.4 Å². The molecule has 5 rings (SSSR count). The number of carbonyl (C=O) groups is 1. The van der Waals surface area contributed by atoms with Gasteiger partial charge in [0.1, 0.15) is 53.6 Å². The fraction of sp³-hybridized carbons (Fsp3) is 0.500. The van der Waals surface area contributed by atoms with Crippen LogP contribution in [0.4, 0.5) is 5.82 Å². The van der Waals surface area contributed by atoms with E-state index < -0.39 is 49.3 Å². The first kappa shape index (κ1) is 30.9. The highest BCUT2D eigenvalue weighted by molar-refractivity contribution is 7.52. The summed E-state index contributed by atoms with van der Waals surface area (Å²) < 4.78 is 38.7. The Morgan fingerprint density at radius 3 is 2.65 bits per heavy atom. The van der Waals surface area contributed by atoms with Crippen molar-refractivity contribution in [2.24, 2.45) is 5.92 Å². The van der Waals surface area contributed by atoms with Crippen molar-refractivity contribution in [2.75, 3.05) is 12.3 Å². The number of ether oxygens (including phenoxy) is 2. The fourth-order valence-electron chi connectivity index (χ4n) is 5.28. The van der Waals surface area contributed by atoms with Gasteiger partial charge in [0.25, 0.3) is 0 Å². The number of esters is 1. The molecule has 1 aromatic carbocycles. The largest absolute Gasteiger partial charge is 0.464 e. The van der Waals surface area contributed by atoms with Crippen molar-refractivity contribution in [1.82, 2.24) is 19.7 Å². The molecular formula is C28H35N6O8P. The Bertz CT molecular complexity index is 1560. The van der Waals surface area contributed by atoms with Crippen LogP contribution in [0.15, 0.2) is 48.8 Å². The number of anilines is 1. The molecule has 2 unspecified atom stereocenters. The maximum atomic E-state index is 14.1. The van der Waals surface area contributed by atoms with Crippen molar-refractivity contribution in [3.8, 4) is 11.8 Å². The summed E-state index contributed by atoms with van der Waals surface area (Å²) in [5.41, 5.74) is 2.73. The van der Waals surface area contributed by atoms with E-state index in [1.165, 1.54) is 23.8 Å². The van der Waals surface area contributed by atoms with Crippen LogP contribution in [0.5, 0.6) is 5.75 Å². The highest BCUT2D eigenvalue weighted by Gasteiger charge is 2.76. The van der Waals surface area contributed by atoms with E-state index in [1.807, 2.05) is 19.9 Å². The van der Waals surface area contributed by atoms with Crippen molar-refractivity contribution in [2.45, 2.75) is 75.6 Å². The number of fused-ring (bicyclic) bond motifs is 1. The van der Waals surface area contributed by atoms with Gasteiger partial charge in [-0.1, -0.05) is 44.9 Å². The Hall–Kier alpha value is -3.57. The van der Waals surface area contributed by atoms with E-state index >= 15 is 0 Å². The molecule has 1 aliphatic carbocycles. The molecule has 230 valence electrons. The topological polar surface area (TPSA) is 204 Å². The summed E-state index contributed by atoms with van der Waals surface area (Å²) in [6.07, 6.45) is -1.61. The van der Waals surface area contributed by atoms with Crippen molar-refractivity contribution < 1.29 is 38.1 Å². The van der Waals surface area contributed by atoms with Gasteiger partial charge in [0.15, 0.2) is 5.82 Å². The number of aromatic nitrogens is 3. The molecule has 5 N–H and O–H groups in total.